The Morgan fingerprint density at radius 2 is 1.92 bits per heavy atom. The topological polar surface area (TPSA) is 55.4 Å². The van der Waals surface area contributed by atoms with E-state index in [1.807, 2.05) is 25.1 Å². The molecule has 0 aliphatic heterocycles. The highest BCUT2D eigenvalue weighted by atomic mass is 79.9. The number of carbonyl (C=O) groups is 2. The lowest BCUT2D eigenvalue weighted by atomic mass is 10.1. The van der Waals surface area contributed by atoms with Crippen molar-refractivity contribution in [1.82, 2.24) is 0 Å². The lowest BCUT2D eigenvalue weighted by Gasteiger charge is -2.10. The first kappa shape index (κ1) is 19.4. The summed E-state index contributed by atoms with van der Waals surface area (Å²) < 4.78 is 32.8. The fourth-order valence-corrected chi connectivity index (χ4v) is 3.30. The summed E-state index contributed by atoms with van der Waals surface area (Å²) >= 11 is 4.65. The zero-order chi connectivity index (χ0) is 18.6. The van der Waals surface area contributed by atoms with E-state index in [9.17, 15) is 18.4 Å². The van der Waals surface area contributed by atoms with Crippen molar-refractivity contribution in [3.05, 3.63) is 57.6 Å². The van der Waals surface area contributed by atoms with Crippen LogP contribution >= 0.6 is 27.7 Å². The van der Waals surface area contributed by atoms with Crippen LogP contribution in [0.3, 0.4) is 0 Å². The average Bonchev–Trinajstić information content (AvgIpc) is 2.55. The van der Waals surface area contributed by atoms with Gasteiger partial charge in [0.1, 0.15) is 11.6 Å². The van der Waals surface area contributed by atoms with Gasteiger partial charge in [-0.05, 0) is 36.8 Å². The van der Waals surface area contributed by atoms with Gasteiger partial charge in [0.25, 0.3) is 0 Å². The lowest BCUT2D eigenvalue weighted by molar-refractivity contribution is -0.113. The largest absolute Gasteiger partial charge is 0.465 e. The maximum Gasteiger partial charge on any atom is 0.340 e. The molecule has 0 aliphatic carbocycles. The van der Waals surface area contributed by atoms with Crippen molar-refractivity contribution in [2.45, 2.75) is 11.8 Å². The van der Waals surface area contributed by atoms with Crippen molar-refractivity contribution in [3.63, 3.8) is 0 Å². The summed E-state index contributed by atoms with van der Waals surface area (Å²) in [5, 5.41) is 2.34. The number of hydrogen-bond acceptors (Lipinski definition) is 4. The van der Waals surface area contributed by atoms with Gasteiger partial charge in [0.05, 0.1) is 24.1 Å². The molecule has 8 heteroatoms. The molecule has 0 heterocycles. The normalized spacial score (nSPS) is 10.4. The number of anilines is 1. The molecule has 1 amide bonds. The van der Waals surface area contributed by atoms with Gasteiger partial charge in [0.2, 0.25) is 5.91 Å². The van der Waals surface area contributed by atoms with Gasteiger partial charge in [0.15, 0.2) is 0 Å². The van der Waals surface area contributed by atoms with Crippen molar-refractivity contribution < 1.29 is 23.1 Å². The van der Waals surface area contributed by atoms with Gasteiger partial charge >= 0.3 is 5.97 Å². The fourth-order valence-electron chi connectivity index (χ4n) is 2.02. The number of ether oxygens (including phenoxy) is 1. The highest BCUT2D eigenvalue weighted by Crippen LogP contribution is 2.26. The van der Waals surface area contributed by atoms with Crippen molar-refractivity contribution in [2.24, 2.45) is 0 Å². The van der Waals surface area contributed by atoms with Crippen LogP contribution in [0.1, 0.15) is 15.9 Å². The Labute approximate surface area is 156 Å². The minimum atomic E-state index is -1.05. The van der Waals surface area contributed by atoms with Crippen molar-refractivity contribution in [2.75, 3.05) is 18.2 Å². The third kappa shape index (κ3) is 5.02. The summed E-state index contributed by atoms with van der Waals surface area (Å²) in [4.78, 5) is 24.4. The first-order valence-electron chi connectivity index (χ1n) is 7.08. The molecule has 0 bridgehead atoms. The minimum Gasteiger partial charge on any atom is -0.465 e. The van der Waals surface area contributed by atoms with Crippen LogP contribution in [0.15, 0.2) is 39.7 Å². The summed E-state index contributed by atoms with van der Waals surface area (Å²) in [6, 6.07) is 7.10. The number of thioether (sulfide) groups is 1. The minimum absolute atomic E-state index is 0.0346. The number of methoxy groups -OCH3 is 1. The average molecular weight is 430 g/mol. The van der Waals surface area contributed by atoms with Crippen molar-refractivity contribution in [3.8, 4) is 0 Å². The van der Waals surface area contributed by atoms with Gasteiger partial charge in [-0.25, -0.2) is 13.6 Å². The number of nitrogens with one attached hydrogen (secondary N) is 1. The molecule has 0 saturated heterocycles. The third-order valence-corrected chi connectivity index (χ3v) is 4.90. The van der Waals surface area contributed by atoms with Gasteiger partial charge in [-0.3, -0.25) is 4.79 Å². The van der Waals surface area contributed by atoms with Crippen LogP contribution in [0, 0.1) is 18.6 Å². The van der Waals surface area contributed by atoms with E-state index >= 15 is 0 Å². The van der Waals surface area contributed by atoms with E-state index in [2.05, 4.69) is 26.0 Å². The molecule has 0 saturated carbocycles. The van der Waals surface area contributed by atoms with Crippen LogP contribution in [0.4, 0.5) is 14.5 Å². The molecule has 0 atom stereocenters. The van der Waals surface area contributed by atoms with Crippen LogP contribution < -0.4 is 5.32 Å². The number of esters is 1. The van der Waals surface area contributed by atoms with Gasteiger partial charge in [0, 0.05) is 15.4 Å². The molecule has 1 N–H and O–H groups in total. The maximum absolute atomic E-state index is 13.8. The Balaban J connectivity index is 2.08. The zero-order valence-corrected chi connectivity index (χ0v) is 15.8. The van der Waals surface area contributed by atoms with Gasteiger partial charge < -0.3 is 10.1 Å². The smallest absolute Gasteiger partial charge is 0.340 e. The molecule has 2 aromatic rings. The second-order valence-corrected chi connectivity index (χ2v) is 6.98. The molecule has 2 aromatic carbocycles. The van der Waals surface area contributed by atoms with E-state index in [4.69, 9.17) is 0 Å². The molecule has 0 aromatic heterocycles. The molecular weight excluding hydrogens is 416 g/mol. The Kier molecular flexibility index (Phi) is 6.55. The first-order chi connectivity index (χ1) is 11.8. The summed E-state index contributed by atoms with van der Waals surface area (Å²) in [6.07, 6.45) is 0. The Morgan fingerprint density at radius 1 is 1.20 bits per heavy atom. The van der Waals surface area contributed by atoms with Crippen LogP contribution in [0.2, 0.25) is 0 Å². The van der Waals surface area contributed by atoms with Gasteiger partial charge in [-0.1, -0.05) is 15.9 Å². The zero-order valence-electron chi connectivity index (χ0n) is 13.4. The van der Waals surface area contributed by atoms with E-state index in [0.29, 0.717) is 6.07 Å². The van der Waals surface area contributed by atoms with Crippen LogP contribution in [0.5, 0.6) is 0 Å². The molecule has 2 rings (SSSR count). The molecule has 0 radical (unpaired) electrons. The summed E-state index contributed by atoms with van der Waals surface area (Å²) in [5.74, 6) is -3.42. The summed E-state index contributed by atoms with van der Waals surface area (Å²) in [5.41, 5.74) is 0.267. The molecule has 0 spiro atoms. The highest BCUT2D eigenvalue weighted by Gasteiger charge is 2.18. The third-order valence-electron chi connectivity index (χ3n) is 3.23. The summed E-state index contributed by atoms with van der Waals surface area (Å²) in [6.45, 7) is 1.91. The SMILES string of the molecule is COC(=O)c1cc(NC(=O)CSc2ccc(Br)cc2C)c(F)cc1F. The predicted octanol–water partition coefficient (Wildman–Crippen LogP) is 4.55. The van der Waals surface area contributed by atoms with E-state index < -0.39 is 29.1 Å². The van der Waals surface area contributed by atoms with Crippen molar-refractivity contribution >= 4 is 45.3 Å². The molecule has 0 unspecified atom stereocenters. The molecule has 0 fully saturated rings. The fraction of sp³-hybridized carbons (Fsp3) is 0.176. The maximum atomic E-state index is 13.8. The molecular formula is C17H14BrF2NO3S. The predicted molar refractivity (Wildman–Crippen MR) is 95.9 cm³/mol. The van der Waals surface area contributed by atoms with E-state index in [-0.39, 0.29) is 11.4 Å². The van der Waals surface area contributed by atoms with E-state index in [1.54, 1.807) is 0 Å². The Hall–Kier alpha value is -1.93. The first-order valence-corrected chi connectivity index (χ1v) is 8.86. The number of halogens is 3. The van der Waals surface area contributed by atoms with Crippen LogP contribution in [-0.2, 0) is 9.53 Å². The van der Waals surface area contributed by atoms with Crippen LogP contribution in [-0.4, -0.2) is 24.7 Å². The van der Waals surface area contributed by atoms with Crippen LogP contribution in [0.25, 0.3) is 0 Å². The number of aryl methyl sites for hydroxylation is 1. The number of carbonyl (C=O) groups excluding carboxylic acids is 2. The Bertz CT molecular complexity index is 830. The second-order valence-electron chi connectivity index (χ2n) is 5.05. The molecule has 25 heavy (non-hydrogen) atoms. The van der Waals surface area contributed by atoms with Gasteiger partial charge in [-0.2, -0.15) is 0 Å². The lowest BCUT2D eigenvalue weighted by Crippen LogP contribution is -2.16. The second kappa shape index (κ2) is 8.44. The monoisotopic (exact) mass is 429 g/mol. The number of rotatable bonds is 5. The number of benzene rings is 2. The Morgan fingerprint density at radius 3 is 2.56 bits per heavy atom. The standard InChI is InChI=1S/C17H14BrF2NO3S/c1-9-5-10(18)3-4-15(9)25-8-16(22)21-14-6-11(17(23)24-2)12(19)7-13(14)20/h3-7H,8H2,1-2H3,(H,21,22). The van der Waals surface area contributed by atoms with E-state index in [0.717, 1.165) is 28.1 Å². The summed E-state index contributed by atoms with van der Waals surface area (Å²) in [7, 11) is 1.08. The molecule has 132 valence electrons. The number of amides is 1. The van der Waals surface area contributed by atoms with Gasteiger partial charge in [-0.15, -0.1) is 11.8 Å². The number of hydrogen-bond donors (Lipinski definition) is 1. The van der Waals surface area contributed by atoms with Crippen molar-refractivity contribution in [1.29, 1.82) is 0 Å². The van der Waals surface area contributed by atoms with E-state index in [1.165, 1.54) is 11.8 Å². The quantitative estimate of drug-likeness (QED) is 0.559. The molecule has 0 aliphatic rings. The molecule has 4 nitrogen and oxygen atoms in total. The highest BCUT2D eigenvalue weighted by molar-refractivity contribution is 9.10.